The van der Waals surface area contributed by atoms with Gasteiger partial charge in [0.15, 0.2) is 0 Å². The van der Waals surface area contributed by atoms with Gasteiger partial charge in [-0.15, -0.1) is 0 Å². The fraction of sp³-hybridized carbons (Fsp3) is 0.857. The van der Waals surface area contributed by atoms with Crippen molar-refractivity contribution in [3.63, 3.8) is 0 Å². The Bertz CT molecular complexity index is 116. The largest absolute Gasteiger partial charge is 0.383 e. The summed E-state index contributed by atoms with van der Waals surface area (Å²) >= 11 is 0. The molecule has 0 saturated carbocycles. The van der Waals surface area contributed by atoms with Crippen molar-refractivity contribution in [2.24, 2.45) is 0 Å². The van der Waals surface area contributed by atoms with Crippen molar-refractivity contribution in [1.29, 1.82) is 0 Å². The van der Waals surface area contributed by atoms with Crippen LogP contribution in [-0.4, -0.2) is 39.4 Å². The molecule has 0 aromatic rings. The van der Waals surface area contributed by atoms with Gasteiger partial charge in [0.2, 0.25) is 5.91 Å². The van der Waals surface area contributed by atoms with Gasteiger partial charge in [-0.3, -0.25) is 4.79 Å². The van der Waals surface area contributed by atoms with Crippen molar-refractivity contribution in [2.45, 2.75) is 13.0 Å². The first-order chi connectivity index (χ1) is 5.20. The molecule has 4 nitrogen and oxygen atoms in total. The zero-order valence-corrected chi connectivity index (χ0v) is 7.22. The Morgan fingerprint density at radius 2 is 2.09 bits per heavy atom. The molecule has 0 bridgehead atoms. The van der Waals surface area contributed by atoms with Crippen LogP contribution in [0.1, 0.15) is 6.92 Å². The minimum atomic E-state index is -0.114. The topological polar surface area (TPSA) is 47.6 Å². The molecule has 0 aromatic carbocycles. The van der Waals surface area contributed by atoms with Gasteiger partial charge in [0.1, 0.15) is 6.61 Å². The van der Waals surface area contributed by atoms with Crippen LogP contribution in [0.25, 0.3) is 0 Å². The van der Waals surface area contributed by atoms with Crippen molar-refractivity contribution in [3.8, 4) is 0 Å². The van der Waals surface area contributed by atoms with E-state index in [1.807, 2.05) is 6.92 Å². The standard InChI is InChI=1S/C7H15NO3/c1-6(4-10-2)8-7(9)5-11-3/h6H,4-5H2,1-3H3,(H,8,9). The molecule has 0 aliphatic heterocycles. The average molecular weight is 161 g/mol. The van der Waals surface area contributed by atoms with E-state index in [1.54, 1.807) is 7.11 Å². The first-order valence-electron chi connectivity index (χ1n) is 3.48. The molecule has 0 rings (SSSR count). The molecule has 1 N–H and O–H groups in total. The predicted molar refractivity (Wildman–Crippen MR) is 41.4 cm³/mol. The molecule has 66 valence electrons. The average Bonchev–Trinajstić information content (AvgIpc) is 1.87. The van der Waals surface area contributed by atoms with Gasteiger partial charge in [0.05, 0.1) is 6.61 Å². The van der Waals surface area contributed by atoms with E-state index in [-0.39, 0.29) is 18.6 Å². The lowest BCUT2D eigenvalue weighted by Crippen LogP contribution is -2.37. The zero-order chi connectivity index (χ0) is 8.69. The van der Waals surface area contributed by atoms with Crippen LogP contribution in [0.15, 0.2) is 0 Å². The number of carbonyl (C=O) groups is 1. The van der Waals surface area contributed by atoms with E-state index in [1.165, 1.54) is 7.11 Å². The number of carbonyl (C=O) groups excluding carboxylic acids is 1. The van der Waals surface area contributed by atoms with Gasteiger partial charge in [0.25, 0.3) is 0 Å². The van der Waals surface area contributed by atoms with Crippen LogP contribution in [0.5, 0.6) is 0 Å². The summed E-state index contributed by atoms with van der Waals surface area (Å²) in [4.78, 5) is 10.8. The highest BCUT2D eigenvalue weighted by atomic mass is 16.5. The molecular weight excluding hydrogens is 146 g/mol. The maximum absolute atomic E-state index is 10.8. The fourth-order valence-electron chi connectivity index (χ4n) is 0.739. The maximum Gasteiger partial charge on any atom is 0.246 e. The smallest absolute Gasteiger partial charge is 0.246 e. The minimum Gasteiger partial charge on any atom is -0.383 e. The van der Waals surface area contributed by atoms with Crippen molar-refractivity contribution in [1.82, 2.24) is 5.32 Å². The van der Waals surface area contributed by atoms with E-state index >= 15 is 0 Å². The Kier molecular flexibility index (Phi) is 5.78. The molecule has 0 heterocycles. The molecule has 1 unspecified atom stereocenters. The third-order valence-electron chi connectivity index (χ3n) is 1.10. The van der Waals surface area contributed by atoms with Crippen molar-refractivity contribution in [3.05, 3.63) is 0 Å². The van der Waals surface area contributed by atoms with Crippen molar-refractivity contribution < 1.29 is 14.3 Å². The molecule has 0 spiro atoms. The van der Waals surface area contributed by atoms with Gasteiger partial charge in [-0.25, -0.2) is 0 Å². The van der Waals surface area contributed by atoms with E-state index in [0.717, 1.165) is 0 Å². The quantitative estimate of drug-likeness (QED) is 0.606. The molecule has 0 saturated heterocycles. The molecule has 1 atom stereocenters. The van der Waals surface area contributed by atoms with Gasteiger partial charge >= 0.3 is 0 Å². The normalized spacial score (nSPS) is 12.6. The lowest BCUT2D eigenvalue weighted by molar-refractivity contribution is -0.125. The fourth-order valence-corrected chi connectivity index (χ4v) is 0.739. The Balaban J connectivity index is 3.40. The monoisotopic (exact) mass is 161 g/mol. The molecule has 4 heteroatoms. The number of methoxy groups -OCH3 is 2. The second-order valence-electron chi connectivity index (χ2n) is 2.36. The second-order valence-corrected chi connectivity index (χ2v) is 2.36. The van der Waals surface area contributed by atoms with E-state index < -0.39 is 0 Å². The van der Waals surface area contributed by atoms with Gasteiger partial charge in [-0.1, -0.05) is 0 Å². The molecule has 0 aliphatic rings. The summed E-state index contributed by atoms with van der Waals surface area (Å²) in [5.74, 6) is -0.114. The summed E-state index contributed by atoms with van der Waals surface area (Å²) in [7, 11) is 3.08. The summed E-state index contributed by atoms with van der Waals surface area (Å²) in [6, 6.07) is 0.0441. The van der Waals surface area contributed by atoms with Crippen LogP contribution < -0.4 is 5.32 Å². The highest BCUT2D eigenvalue weighted by Crippen LogP contribution is 1.81. The van der Waals surface area contributed by atoms with Gasteiger partial charge in [0, 0.05) is 20.3 Å². The molecule has 1 amide bonds. The van der Waals surface area contributed by atoms with E-state index in [2.05, 4.69) is 10.1 Å². The van der Waals surface area contributed by atoms with E-state index in [0.29, 0.717) is 6.61 Å². The van der Waals surface area contributed by atoms with Crippen LogP contribution >= 0.6 is 0 Å². The molecule has 0 radical (unpaired) electrons. The molecule has 11 heavy (non-hydrogen) atoms. The molecule has 0 aliphatic carbocycles. The first kappa shape index (κ1) is 10.4. The number of hydrogen-bond donors (Lipinski definition) is 1. The van der Waals surface area contributed by atoms with Crippen LogP contribution in [-0.2, 0) is 14.3 Å². The summed E-state index contributed by atoms with van der Waals surface area (Å²) in [5.41, 5.74) is 0. The van der Waals surface area contributed by atoms with Crippen molar-refractivity contribution in [2.75, 3.05) is 27.4 Å². The predicted octanol–water partition coefficient (Wildman–Crippen LogP) is -0.216. The highest BCUT2D eigenvalue weighted by Gasteiger charge is 2.04. The van der Waals surface area contributed by atoms with Crippen LogP contribution in [0.3, 0.4) is 0 Å². The SMILES string of the molecule is COCC(=O)NC(C)COC. The van der Waals surface area contributed by atoms with Gasteiger partial charge < -0.3 is 14.8 Å². The lowest BCUT2D eigenvalue weighted by Gasteiger charge is -2.11. The van der Waals surface area contributed by atoms with E-state index in [4.69, 9.17) is 4.74 Å². The Morgan fingerprint density at radius 1 is 1.45 bits per heavy atom. The molecule has 0 fully saturated rings. The molecular formula is C7H15NO3. The molecule has 0 aromatic heterocycles. The third kappa shape index (κ3) is 5.82. The van der Waals surface area contributed by atoms with E-state index in [9.17, 15) is 4.79 Å². The number of amides is 1. The summed E-state index contributed by atoms with van der Waals surface area (Å²) < 4.78 is 9.46. The number of nitrogens with one attached hydrogen (secondary N) is 1. The van der Waals surface area contributed by atoms with Crippen LogP contribution in [0.4, 0.5) is 0 Å². The Hall–Kier alpha value is -0.610. The second kappa shape index (κ2) is 6.12. The number of ether oxygens (including phenoxy) is 2. The number of hydrogen-bond acceptors (Lipinski definition) is 3. The summed E-state index contributed by atoms with van der Waals surface area (Å²) in [5, 5.41) is 2.69. The zero-order valence-electron chi connectivity index (χ0n) is 7.22. The summed E-state index contributed by atoms with van der Waals surface area (Å²) in [6.45, 7) is 2.50. The highest BCUT2D eigenvalue weighted by molar-refractivity contribution is 5.77. The Labute approximate surface area is 66.9 Å². The number of rotatable bonds is 5. The minimum absolute atomic E-state index is 0.0441. The van der Waals surface area contributed by atoms with Crippen LogP contribution in [0.2, 0.25) is 0 Å². The van der Waals surface area contributed by atoms with Crippen LogP contribution in [0, 0.1) is 0 Å². The van der Waals surface area contributed by atoms with Crippen molar-refractivity contribution >= 4 is 5.91 Å². The maximum atomic E-state index is 10.8. The van der Waals surface area contributed by atoms with Gasteiger partial charge in [-0.05, 0) is 6.92 Å². The Morgan fingerprint density at radius 3 is 2.55 bits per heavy atom. The van der Waals surface area contributed by atoms with Gasteiger partial charge in [-0.2, -0.15) is 0 Å². The third-order valence-corrected chi connectivity index (χ3v) is 1.10. The lowest BCUT2D eigenvalue weighted by atomic mass is 10.3. The summed E-state index contributed by atoms with van der Waals surface area (Å²) in [6.07, 6.45) is 0. The first-order valence-corrected chi connectivity index (χ1v) is 3.48.